The normalized spacial score (nSPS) is 27.7. The molecule has 10 aromatic carbocycles. The van der Waals surface area contributed by atoms with Crippen molar-refractivity contribution in [3.63, 3.8) is 0 Å². The van der Waals surface area contributed by atoms with Crippen LogP contribution in [0.15, 0.2) is 188 Å². The lowest BCUT2D eigenvalue weighted by Crippen LogP contribution is -2.46. The molecule has 0 amide bonds. The molecule has 6 aliphatic rings. The highest BCUT2D eigenvalue weighted by molar-refractivity contribution is 6.30. The highest BCUT2D eigenvalue weighted by Crippen LogP contribution is 2.63. The lowest BCUT2D eigenvalue weighted by Gasteiger charge is -2.45. The van der Waals surface area contributed by atoms with Crippen LogP contribution in [0.4, 0.5) is 34.1 Å². The molecule has 392 valence electrons. The lowest BCUT2D eigenvalue weighted by atomic mass is 9.69. The van der Waals surface area contributed by atoms with Crippen molar-refractivity contribution in [1.29, 1.82) is 0 Å². The number of hydrogen-bond acceptors (Lipinski definition) is 3. The summed E-state index contributed by atoms with van der Waals surface area (Å²) < 4.78 is 0. The summed E-state index contributed by atoms with van der Waals surface area (Å²) in [6, 6.07) is 73.7. The van der Waals surface area contributed by atoms with Gasteiger partial charge in [0.1, 0.15) is 0 Å². The number of rotatable bonds is 6. The summed E-state index contributed by atoms with van der Waals surface area (Å²) >= 11 is 0. The number of hydrogen-bond donors (Lipinski definition) is 0. The van der Waals surface area contributed by atoms with E-state index in [1.165, 1.54) is 174 Å². The van der Waals surface area contributed by atoms with E-state index in [9.17, 15) is 0 Å². The smallest absolute Gasteiger partial charge is 0.0492 e. The fourth-order valence-electron chi connectivity index (χ4n) is 17.7. The van der Waals surface area contributed by atoms with Crippen LogP contribution >= 0.6 is 0 Å². The molecule has 0 N–H and O–H groups in total. The zero-order chi connectivity index (χ0) is 53.1. The maximum atomic E-state index is 2.72. The fourth-order valence-corrected chi connectivity index (χ4v) is 17.7. The van der Waals surface area contributed by atoms with Crippen LogP contribution in [0.25, 0.3) is 65.7 Å². The van der Waals surface area contributed by atoms with Gasteiger partial charge < -0.3 is 14.7 Å². The molecule has 0 saturated heterocycles. The van der Waals surface area contributed by atoms with Crippen LogP contribution in [-0.4, -0.2) is 16.6 Å². The van der Waals surface area contributed by atoms with Gasteiger partial charge in [0, 0.05) is 68.5 Å². The molecule has 10 aromatic rings. The van der Waals surface area contributed by atoms with E-state index in [1.807, 2.05) is 0 Å². The maximum absolute atomic E-state index is 2.72. The van der Waals surface area contributed by atoms with Crippen LogP contribution in [-0.2, 0) is 0 Å². The van der Waals surface area contributed by atoms with Gasteiger partial charge in [0.15, 0.2) is 0 Å². The van der Waals surface area contributed by atoms with Gasteiger partial charge in [-0.2, -0.15) is 0 Å². The van der Waals surface area contributed by atoms with Crippen LogP contribution in [0.1, 0.15) is 134 Å². The van der Waals surface area contributed by atoms with Gasteiger partial charge in [0.25, 0.3) is 0 Å². The largest absolute Gasteiger partial charge is 0.335 e. The Balaban J connectivity index is 0.917. The summed E-state index contributed by atoms with van der Waals surface area (Å²) in [5.74, 6) is 3.46. The van der Waals surface area contributed by atoms with Gasteiger partial charge in [-0.15, -0.1) is 0 Å². The van der Waals surface area contributed by atoms with Crippen LogP contribution in [0.3, 0.4) is 0 Å². The van der Waals surface area contributed by atoms with Crippen LogP contribution in [0.5, 0.6) is 0 Å². The Morgan fingerprint density at radius 2 is 0.684 bits per heavy atom. The van der Waals surface area contributed by atoms with E-state index in [1.54, 1.807) is 0 Å². The summed E-state index contributed by atoms with van der Waals surface area (Å²) in [7, 11) is 0. The zero-order valence-electron chi connectivity index (χ0n) is 47.1. The number of fused-ring (bicyclic) bond motifs is 9. The van der Waals surface area contributed by atoms with Crippen LogP contribution in [0, 0.1) is 17.8 Å². The quantitative estimate of drug-likeness (QED) is 0.154. The molecule has 3 aliphatic heterocycles. The lowest BCUT2D eigenvalue weighted by molar-refractivity contribution is 0.237. The van der Waals surface area contributed by atoms with E-state index >= 15 is 0 Å². The molecule has 3 aliphatic carbocycles. The van der Waals surface area contributed by atoms with E-state index in [0.29, 0.717) is 35.5 Å². The summed E-state index contributed by atoms with van der Waals surface area (Å²) in [4.78, 5) is 8.14. The molecule has 3 saturated carbocycles. The molecule has 3 fully saturated rings. The van der Waals surface area contributed by atoms with Gasteiger partial charge in [-0.05, 0) is 258 Å². The first kappa shape index (κ1) is 47.6. The fraction of sp³-hybridized carbons (Fsp3) is 0.316. The van der Waals surface area contributed by atoms with Crippen LogP contribution in [0.2, 0.25) is 0 Å². The number of nitrogens with zero attached hydrogens (tertiary/aromatic N) is 3. The molecule has 79 heavy (non-hydrogen) atoms. The van der Waals surface area contributed by atoms with E-state index in [2.05, 4.69) is 244 Å². The molecule has 16 rings (SSSR count). The zero-order valence-corrected chi connectivity index (χ0v) is 47.1. The summed E-state index contributed by atoms with van der Waals surface area (Å²) in [5.41, 5.74) is 20.7. The van der Waals surface area contributed by atoms with E-state index < -0.39 is 0 Å². The molecular weight excluding hydrogens is 955 g/mol. The Kier molecular flexibility index (Phi) is 10.4. The highest BCUT2D eigenvalue weighted by Gasteiger charge is 2.54. The second kappa shape index (κ2) is 17.3. The molecule has 9 atom stereocenters. The predicted molar refractivity (Wildman–Crippen MR) is 335 cm³/mol. The molecule has 0 bridgehead atoms. The van der Waals surface area contributed by atoms with E-state index in [-0.39, 0.29) is 16.6 Å². The minimum Gasteiger partial charge on any atom is -0.335 e. The van der Waals surface area contributed by atoms with Crippen molar-refractivity contribution >= 4 is 66.4 Å². The molecule has 0 radical (unpaired) electrons. The Bertz CT molecular complexity index is 3910. The van der Waals surface area contributed by atoms with Crippen molar-refractivity contribution in [2.45, 2.75) is 134 Å². The van der Waals surface area contributed by atoms with Crippen molar-refractivity contribution in [2.75, 3.05) is 14.7 Å². The monoisotopic (exact) mass is 1030 g/mol. The summed E-state index contributed by atoms with van der Waals surface area (Å²) in [5, 5.41) is 8.11. The van der Waals surface area contributed by atoms with Crippen molar-refractivity contribution in [1.82, 2.24) is 0 Å². The van der Waals surface area contributed by atoms with Crippen molar-refractivity contribution in [3.05, 3.63) is 205 Å². The first-order valence-corrected chi connectivity index (χ1v) is 30.2. The van der Waals surface area contributed by atoms with Gasteiger partial charge in [-0.1, -0.05) is 130 Å². The Morgan fingerprint density at radius 1 is 0.342 bits per heavy atom. The average Bonchev–Trinajstić information content (AvgIpc) is 3.49. The molecule has 3 heteroatoms. The molecular formula is C76H73N3. The number of para-hydroxylation sites is 3. The van der Waals surface area contributed by atoms with Gasteiger partial charge in [-0.25, -0.2) is 0 Å². The second-order valence-corrected chi connectivity index (χ2v) is 26.5. The van der Waals surface area contributed by atoms with Crippen molar-refractivity contribution in [2.24, 2.45) is 17.8 Å². The third-order valence-corrected chi connectivity index (χ3v) is 21.8. The SMILES string of the molecule is CC1CCC2(C)C(C1)c1cc(-c3ccc4ccc5c(-c6ccc7c(c6)C6CC(C)CCC6(C)N7c6ccccc6)cc(-c6ccc7c(c6)C6CC(C)CCC6(C)N7c6ccccc6)c6ccc3c4c56)ccc1N2c1ccccc1. The topological polar surface area (TPSA) is 9.72 Å². The molecule has 0 spiro atoms. The van der Waals surface area contributed by atoms with Gasteiger partial charge >= 0.3 is 0 Å². The minimum atomic E-state index is 0.0213. The van der Waals surface area contributed by atoms with Crippen LogP contribution < -0.4 is 14.7 Å². The average molecular weight is 1030 g/mol. The number of benzene rings is 10. The van der Waals surface area contributed by atoms with Gasteiger partial charge in [0.2, 0.25) is 0 Å². The Labute approximate surface area is 468 Å². The predicted octanol–water partition coefficient (Wildman–Crippen LogP) is 21.0. The minimum absolute atomic E-state index is 0.0213. The third-order valence-electron chi connectivity index (χ3n) is 21.8. The molecule has 9 unspecified atom stereocenters. The Morgan fingerprint density at radius 3 is 1.08 bits per heavy atom. The highest BCUT2D eigenvalue weighted by atomic mass is 15.3. The summed E-state index contributed by atoms with van der Waals surface area (Å²) in [6.07, 6.45) is 11.0. The Hall–Kier alpha value is -7.36. The standard InChI is InChI=1S/C76H73N3/c1-47-34-37-74(4)66(40-47)63-43-51(24-31-69(63)77(74)54-16-10-7-11-17-54)57-27-22-50-23-28-59-61(52-25-32-70-64(44-52)67-41-48(2)35-38-75(67,5)78(70)55-18-12-8-13-19-55)46-62(60-30-29-58(57)72(50)73(59)60)53-26-33-71-65(45-53)68-42-49(3)36-39-76(68,6)79(71)56-20-14-9-15-21-56/h7-33,43-49,66-68H,34-42H2,1-6H3. The third kappa shape index (κ3) is 6.84. The van der Waals surface area contributed by atoms with Crippen molar-refractivity contribution in [3.8, 4) is 33.4 Å². The maximum Gasteiger partial charge on any atom is 0.0492 e. The number of anilines is 6. The molecule has 3 nitrogen and oxygen atoms in total. The van der Waals surface area contributed by atoms with E-state index in [4.69, 9.17) is 0 Å². The molecule has 3 heterocycles. The second-order valence-electron chi connectivity index (χ2n) is 26.5. The van der Waals surface area contributed by atoms with Gasteiger partial charge in [-0.3, -0.25) is 0 Å². The summed E-state index contributed by atoms with van der Waals surface area (Å²) in [6.45, 7) is 15.1. The first-order valence-electron chi connectivity index (χ1n) is 30.2. The van der Waals surface area contributed by atoms with E-state index in [0.717, 1.165) is 0 Å². The first-order chi connectivity index (χ1) is 38.5. The molecule has 0 aromatic heterocycles. The van der Waals surface area contributed by atoms with Gasteiger partial charge in [0.05, 0.1) is 0 Å². The van der Waals surface area contributed by atoms with Crippen molar-refractivity contribution < 1.29 is 0 Å².